The molecule has 0 bridgehead atoms. The summed E-state index contributed by atoms with van der Waals surface area (Å²) >= 11 is 1.10. The summed E-state index contributed by atoms with van der Waals surface area (Å²) < 4.78 is 18.5. The molecule has 148 valence electrons. The number of hydrogen-bond acceptors (Lipinski definition) is 6. The fourth-order valence-electron chi connectivity index (χ4n) is 2.50. The van der Waals surface area contributed by atoms with Crippen LogP contribution in [0.3, 0.4) is 0 Å². The summed E-state index contributed by atoms with van der Waals surface area (Å²) in [5, 5.41) is 13.7. The van der Waals surface area contributed by atoms with Crippen LogP contribution in [-0.2, 0) is 4.79 Å². The van der Waals surface area contributed by atoms with E-state index in [9.17, 15) is 14.0 Å². The molecule has 4 rings (SSSR count). The SMILES string of the molecule is O=C(CSc1nnc(-c2ccc(F)cc2)o1)Nc1ccc(C(=O)NC2CC2)cc1. The highest BCUT2D eigenvalue weighted by molar-refractivity contribution is 7.99. The number of carbonyl (C=O) groups excluding carboxylic acids is 2. The van der Waals surface area contributed by atoms with Crippen molar-refractivity contribution in [1.29, 1.82) is 0 Å². The Morgan fingerprint density at radius 1 is 1.07 bits per heavy atom. The molecule has 0 atom stereocenters. The van der Waals surface area contributed by atoms with Gasteiger partial charge in [0, 0.05) is 22.9 Å². The monoisotopic (exact) mass is 412 g/mol. The molecule has 1 aromatic heterocycles. The average molecular weight is 412 g/mol. The third-order valence-corrected chi connectivity index (χ3v) is 4.99. The molecule has 2 aromatic carbocycles. The lowest BCUT2D eigenvalue weighted by atomic mass is 10.2. The van der Waals surface area contributed by atoms with Gasteiger partial charge >= 0.3 is 0 Å². The van der Waals surface area contributed by atoms with Crippen LogP contribution in [0.1, 0.15) is 23.2 Å². The number of benzene rings is 2. The van der Waals surface area contributed by atoms with Crippen LogP contribution < -0.4 is 10.6 Å². The molecule has 29 heavy (non-hydrogen) atoms. The van der Waals surface area contributed by atoms with Gasteiger partial charge in [-0.2, -0.15) is 0 Å². The Labute approximate surface area is 170 Å². The molecule has 1 aliphatic rings. The maximum Gasteiger partial charge on any atom is 0.277 e. The first-order chi connectivity index (χ1) is 14.1. The van der Waals surface area contributed by atoms with Crippen molar-refractivity contribution >= 4 is 29.3 Å². The third kappa shape index (κ3) is 5.20. The number of anilines is 1. The van der Waals surface area contributed by atoms with Gasteiger partial charge in [-0.25, -0.2) is 4.39 Å². The third-order valence-electron chi connectivity index (χ3n) is 4.17. The second-order valence-corrected chi connectivity index (χ2v) is 7.47. The summed E-state index contributed by atoms with van der Waals surface area (Å²) in [6.07, 6.45) is 2.06. The van der Waals surface area contributed by atoms with Crippen molar-refractivity contribution in [2.75, 3.05) is 11.1 Å². The molecular weight excluding hydrogens is 395 g/mol. The van der Waals surface area contributed by atoms with Crippen LogP contribution in [0.4, 0.5) is 10.1 Å². The number of halogens is 1. The van der Waals surface area contributed by atoms with E-state index in [2.05, 4.69) is 20.8 Å². The van der Waals surface area contributed by atoms with Gasteiger partial charge in [0.05, 0.1) is 5.75 Å². The van der Waals surface area contributed by atoms with E-state index in [0.29, 0.717) is 22.9 Å². The molecule has 7 nitrogen and oxygen atoms in total. The predicted octanol–water partition coefficient (Wildman–Crippen LogP) is 3.50. The molecule has 0 spiro atoms. The van der Waals surface area contributed by atoms with Gasteiger partial charge in [0.15, 0.2) is 0 Å². The summed E-state index contributed by atoms with van der Waals surface area (Å²) in [5.74, 6) is -0.361. The number of hydrogen-bond donors (Lipinski definition) is 2. The molecule has 1 aliphatic carbocycles. The quantitative estimate of drug-likeness (QED) is 0.577. The van der Waals surface area contributed by atoms with Crippen LogP contribution >= 0.6 is 11.8 Å². The van der Waals surface area contributed by atoms with Crippen molar-refractivity contribution in [1.82, 2.24) is 15.5 Å². The number of aromatic nitrogens is 2. The van der Waals surface area contributed by atoms with Crippen molar-refractivity contribution < 1.29 is 18.4 Å². The second kappa shape index (κ2) is 8.44. The molecule has 0 saturated heterocycles. The van der Waals surface area contributed by atoms with Gasteiger partial charge in [-0.15, -0.1) is 10.2 Å². The number of nitrogens with zero attached hydrogens (tertiary/aromatic N) is 2. The zero-order chi connectivity index (χ0) is 20.2. The first kappa shape index (κ1) is 19.1. The summed E-state index contributed by atoms with van der Waals surface area (Å²) in [6, 6.07) is 12.7. The van der Waals surface area contributed by atoms with Crippen LogP contribution in [0.25, 0.3) is 11.5 Å². The van der Waals surface area contributed by atoms with E-state index in [4.69, 9.17) is 4.42 Å². The number of amides is 2. The zero-order valence-corrected chi connectivity index (χ0v) is 16.0. The van der Waals surface area contributed by atoms with Gasteiger partial charge in [-0.3, -0.25) is 9.59 Å². The molecule has 0 aliphatic heterocycles. The molecular formula is C20H17FN4O3S. The highest BCUT2D eigenvalue weighted by Crippen LogP contribution is 2.23. The van der Waals surface area contributed by atoms with E-state index in [1.165, 1.54) is 12.1 Å². The van der Waals surface area contributed by atoms with Crippen molar-refractivity contribution in [3.63, 3.8) is 0 Å². The summed E-state index contributed by atoms with van der Waals surface area (Å²) in [6.45, 7) is 0. The van der Waals surface area contributed by atoms with Crippen molar-refractivity contribution in [3.8, 4) is 11.5 Å². The van der Waals surface area contributed by atoms with E-state index in [1.54, 1.807) is 36.4 Å². The van der Waals surface area contributed by atoms with Crippen LogP contribution in [0.5, 0.6) is 0 Å². The van der Waals surface area contributed by atoms with E-state index in [0.717, 1.165) is 24.6 Å². The fraction of sp³-hybridized carbons (Fsp3) is 0.200. The van der Waals surface area contributed by atoms with Gasteiger partial charge in [0.2, 0.25) is 11.8 Å². The van der Waals surface area contributed by atoms with Crippen molar-refractivity contribution in [2.24, 2.45) is 0 Å². The Morgan fingerprint density at radius 3 is 2.48 bits per heavy atom. The highest BCUT2D eigenvalue weighted by atomic mass is 32.2. The van der Waals surface area contributed by atoms with Crippen LogP contribution in [0.15, 0.2) is 58.2 Å². The lowest BCUT2D eigenvalue weighted by molar-refractivity contribution is -0.113. The van der Waals surface area contributed by atoms with Crippen LogP contribution in [0, 0.1) is 5.82 Å². The molecule has 9 heteroatoms. The highest BCUT2D eigenvalue weighted by Gasteiger charge is 2.23. The summed E-state index contributed by atoms with van der Waals surface area (Å²) in [5.41, 5.74) is 1.75. The summed E-state index contributed by atoms with van der Waals surface area (Å²) in [7, 11) is 0. The molecule has 1 saturated carbocycles. The summed E-state index contributed by atoms with van der Waals surface area (Å²) in [4.78, 5) is 24.1. The van der Waals surface area contributed by atoms with Crippen LogP contribution in [0.2, 0.25) is 0 Å². The molecule has 0 radical (unpaired) electrons. The van der Waals surface area contributed by atoms with E-state index in [-0.39, 0.29) is 34.5 Å². The predicted molar refractivity (Wildman–Crippen MR) is 106 cm³/mol. The van der Waals surface area contributed by atoms with Crippen molar-refractivity contribution in [3.05, 3.63) is 59.9 Å². The van der Waals surface area contributed by atoms with E-state index in [1.807, 2.05) is 0 Å². The van der Waals surface area contributed by atoms with Gasteiger partial charge in [-0.05, 0) is 61.4 Å². The van der Waals surface area contributed by atoms with Gasteiger partial charge in [-0.1, -0.05) is 11.8 Å². The Hall–Kier alpha value is -3.20. The molecule has 3 aromatic rings. The number of carbonyl (C=O) groups is 2. The maximum atomic E-state index is 13.0. The minimum absolute atomic E-state index is 0.0783. The molecule has 1 fully saturated rings. The number of rotatable bonds is 7. The zero-order valence-electron chi connectivity index (χ0n) is 15.2. The standard InChI is InChI=1S/C20H17FN4O3S/c21-14-5-1-13(2-6-14)19-24-25-20(28-19)29-11-17(26)22-15-7-3-12(4-8-15)18(27)23-16-9-10-16/h1-8,16H,9-11H2,(H,22,26)(H,23,27). The van der Waals surface area contributed by atoms with E-state index >= 15 is 0 Å². The van der Waals surface area contributed by atoms with Crippen molar-refractivity contribution in [2.45, 2.75) is 24.1 Å². The lowest BCUT2D eigenvalue weighted by Gasteiger charge is -2.06. The minimum atomic E-state index is -0.351. The van der Waals surface area contributed by atoms with Gasteiger partial charge in [0.1, 0.15) is 5.82 Å². The van der Waals surface area contributed by atoms with Gasteiger partial charge < -0.3 is 15.1 Å². The van der Waals surface area contributed by atoms with Gasteiger partial charge in [0.25, 0.3) is 11.1 Å². The first-order valence-corrected chi connectivity index (χ1v) is 9.98. The normalized spacial score (nSPS) is 13.1. The molecule has 1 heterocycles. The lowest BCUT2D eigenvalue weighted by Crippen LogP contribution is -2.25. The Bertz CT molecular complexity index is 1020. The molecule has 2 amide bonds. The fourth-order valence-corrected chi connectivity index (χ4v) is 3.07. The second-order valence-electron chi connectivity index (χ2n) is 6.54. The largest absolute Gasteiger partial charge is 0.411 e. The molecule has 0 unspecified atom stereocenters. The van der Waals surface area contributed by atoms with E-state index < -0.39 is 0 Å². The topological polar surface area (TPSA) is 97.1 Å². The maximum absolute atomic E-state index is 13.0. The van der Waals surface area contributed by atoms with Crippen LogP contribution in [-0.4, -0.2) is 33.8 Å². The Kier molecular flexibility index (Phi) is 5.57. The Morgan fingerprint density at radius 2 is 1.79 bits per heavy atom. The number of nitrogens with one attached hydrogen (secondary N) is 2. The number of thioether (sulfide) groups is 1. The first-order valence-electron chi connectivity index (χ1n) is 9.00. The smallest absolute Gasteiger partial charge is 0.277 e. The minimum Gasteiger partial charge on any atom is -0.411 e. The molecule has 2 N–H and O–H groups in total. The Balaban J connectivity index is 1.27. The average Bonchev–Trinajstić information content (AvgIpc) is 3.41.